The second kappa shape index (κ2) is 6.69. The molecule has 4 nitrogen and oxygen atoms in total. The van der Waals surface area contributed by atoms with Crippen molar-refractivity contribution in [2.45, 2.75) is 38.1 Å². The highest BCUT2D eigenvalue weighted by Crippen LogP contribution is 2.10. The molecule has 0 radical (unpaired) electrons. The normalized spacial score (nSPS) is 11.8. The van der Waals surface area contributed by atoms with Crippen LogP contribution in [0.5, 0.6) is 0 Å². The van der Waals surface area contributed by atoms with E-state index < -0.39 is 5.54 Å². The van der Waals surface area contributed by atoms with Crippen LogP contribution in [0, 0.1) is 0 Å². The Kier molecular flexibility index (Phi) is 5.55. The number of pyridine rings is 1. The summed E-state index contributed by atoms with van der Waals surface area (Å²) in [5.74, 6) is 0. The smallest absolute Gasteiger partial charge is 0.0679 e. The number of aromatic nitrogens is 1. The van der Waals surface area contributed by atoms with E-state index in [1.54, 1.807) is 0 Å². The van der Waals surface area contributed by atoms with Gasteiger partial charge in [-0.25, -0.2) is 0 Å². The molecular formula is C13H22N2O2. The number of aliphatic hydroxyl groups excluding tert-OH is 2. The molecule has 4 heteroatoms. The summed E-state index contributed by atoms with van der Waals surface area (Å²) in [4.78, 5) is 4.31. The Hall–Kier alpha value is -0.970. The molecule has 0 aliphatic heterocycles. The molecular weight excluding hydrogens is 216 g/mol. The maximum Gasteiger partial charge on any atom is 0.0679 e. The zero-order chi connectivity index (χ0) is 12.7. The van der Waals surface area contributed by atoms with Gasteiger partial charge in [0, 0.05) is 18.3 Å². The zero-order valence-corrected chi connectivity index (χ0v) is 10.4. The van der Waals surface area contributed by atoms with Crippen LogP contribution in [0.3, 0.4) is 0 Å². The maximum atomic E-state index is 9.10. The molecule has 0 unspecified atom stereocenters. The molecule has 1 aromatic heterocycles. The quantitative estimate of drug-likeness (QED) is 0.651. The van der Waals surface area contributed by atoms with E-state index in [4.69, 9.17) is 15.9 Å². The average molecular weight is 238 g/mol. The van der Waals surface area contributed by atoms with Gasteiger partial charge in [0.15, 0.2) is 0 Å². The highest BCUT2D eigenvalue weighted by molar-refractivity contribution is 5.16. The average Bonchev–Trinajstić information content (AvgIpc) is 2.38. The molecule has 0 saturated carbocycles. The van der Waals surface area contributed by atoms with E-state index in [0.29, 0.717) is 6.42 Å². The fourth-order valence-corrected chi connectivity index (χ4v) is 1.61. The molecule has 96 valence electrons. The van der Waals surface area contributed by atoms with Crippen molar-refractivity contribution in [3.8, 4) is 0 Å². The lowest BCUT2D eigenvalue weighted by Crippen LogP contribution is -2.49. The number of nitrogens with two attached hydrogens (primary N) is 1. The third-order valence-corrected chi connectivity index (χ3v) is 2.87. The van der Waals surface area contributed by atoms with Crippen molar-refractivity contribution >= 4 is 0 Å². The second-order valence-corrected chi connectivity index (χ2v) is 4.62. The van der Waals surface area contributed by atoms with Crippen molar-refractivity contribution in [3.05, 3.63) is 29.6 Å². The van der Waals surface area contributed by atoms with Gasteiger partial charge in [-0.1, -0.05) is 19.4 Å². The van der Waals surface area contributed by atoms with Crippen LogP contribution in [0.15, 0.2) is 18.3 Å². The predicted octanol–water partition coefficient (Wildman–Crippen LogP) is 0.649. The van der Waals surface area contributed by atoms with Crippen LogP contribution in [-0.2, 0) is 12.8 Å². The molecule has 0 fully saturated rings. The van der Waals surface area contributed by atoms with Crippen LogP contribution in [0.1, 0.15) is 31.0 Å². The fraction of sp³-hybridized carbons (Fsp3) is 0.615. The van der Waals surface area contributed by atoms with E-state index in [1.807, 2.05) is 18.3 Å². The second-order valence-electron chi connectivity index (χ2n) is 4.62. The molecule has 0 amide bonds. The Morgan fingerprint density at radius 2 is 2.00 bits per heavy atom. The molecule has 0 aliphatic rings. The van der Waals surface area contributed by atoms with Crippen molar-refractivity contribution in [1.82, 2.24) is 4.98 Å². The van der Waals surface area contributed by atoms with Crippen LogP contribution in [0.2, 0.25) is 0 Å². The van der Waals surface area contributed by atoms with Gasteiger partial charge in [-0.05, 0) is 24.5 Å². The third-order valence-electron chi connectivity index (χ3n) is 2.87. The summed E-state index contributed by atoms with van der Waals surface area (Å²) in [6, 6.07) is 3.95. The van der Waals surface area contributed by atoms with Crippen LogP contribution < -0.4 is 5.73 Å². The van der Waals surface area contributed by atoms with Crippen molar-refractivity contribution in [2.24, 2.45) is 5.73 Å². The topological polar surface area (TPSA) is 79.4 Å². The highest BCUT2D eigenvalue weighted by Gasteiger charge is 2.23. The zero-order valence-electron chi connectivity index (χ0n) is 10.4. The Bertz CT molecular complexity index is 321. The molecule has 1 aromatic rings. The maximum absolute atomic E-state index is 9.10. The number of hydrogen-bond donors (Lipinski definition) is 3. The number of aryl methyl sites for hydroxylation is 1. The van der Waals surface area contributed by atoms with E-state index in [2.05, 4.69) is 11.9 Å². The van der Waals surface area contributed by atoms with Crippen molar-refractivity contribution in [2.75, 3.05) is 13.2 Å². The van der Waals surface area contributed by atoms with E-state index in [0.717, 1.165) is 18.5 Å². The number of hydrogen-bond acceptors (Lipinski definition) is 4. The van der Waals surface area contributed by atoms with Gasteiger partial charge in [-0.3, -0.25) is 4.98 Å². The summed E-state index contributed by atoms with van der Waals surface area (Å²) in [7, 11) is 0. The van der Waals surface area contributed by atoms with Crippen LogP contribution in [0.4, 0.5) is 0 Å². The van der Waals surface area contributed by atoms with E-state index >= 15 is 0 Å². The monoisotopic (exact) mass is 238 g/mol. The van der Waals surface area contributed by atoms with Gasteiger partial charge in [-0.2, -0.15) is 0 Å². The first-order valence-electron chi connectivity index (χ1n) is 6.08. The number of nitrogens with zero attached hydrogens (tertiary/aromatic N) is 1. The molecule has 0 spiro atoms. The first kappa shape index (κ1) is 14.1. The van der Waals surface area contributed by atoms with Crippen LogP contribution in [-0.4, -0.2) is 33.9 Å². The summed E-state index contributed by atoms with van der Waals surface area (Å²) in [5, 5.41) is 18.2. The summed E-state index contributed by atoms with van der Waals surface area (Å²) < 4.78 is 0. The summed E-state index contributed by atoms with van der Waals surface area (Å²) in [6.45, 7) is 1.67. The molecule has 4 N–H and O–H groups in total. The van der Waals surface area contributed by atoms with Gasteiger partial charge >= 0.3 is 0 Å². The van der Waals surface area contributed by atoms with Crippen molar-refractivity contribution in [3.63, 3.8) is 0 Å². The summed E-state index contributed by atoms with van der Waals surface area (Å²) in [5.41, 5.74) is 6.85. The molecule has 0 atom stereocenters. The molecule has 1 rings (SSSR count). The number of unbranched alkanes of at least 4 members (excludes halogenated alkanes) is 1. The predicted molar refractivity (Wildman–Crippen MR) is 67.6 cm³/mol. The molecule has 0 bridgehead atoms. The fourth-order valence-electron chi connectivity index (χ4n) is 1.61. The van der Waals surface area contributed by atoms with Gasteiger partial charge < -0.3 is 15.9 Å². The Balaban J connectivity index is 2.61. The standard InChI is InChI=1S/C13H22N2O2/c1-2-3-4-11-5-6-12(15-8-11)7-13(14,9-16)10-17/h5-6,8,16-17H,2-4,7,9-10,14H2,1H3. The molecule has 17 heavy (non-hydrogen) atoms. The SMILES string of the molecule is CCCCc1ccc(CC(N)(CO)CO)nc1. The van der Waals surface area contributed by atoms with Gasteiger partial charge in [0.2, 0.25) is 0 Å². The van der Waals surface area contributed by atoms with E-state index in [1.165, 1.54) is 12.0 Å². The van der Waals surface area contributed by atoms with Gasteiger partial charge in [0.05, 0.1) is 18.8 Å². The first-order valence-corrected chi connectivity index (χ1v) is 6.08. The molecule has 0 aromatic carbocycles. The molecule has 0 aliphatic carbocycles. The lowest BCUT2D eigenvalue weighted by atomic mass is 9.96. The van der Waals surface area contributed by atoms with E-state index in [-0.39, 0.29) is 13.2 Å². The van der Waals surface area contributed by atoms with Crippen LogP contribution in [0.25, 0.3) is 0 Å². The molecule has 1 heterocycles. The van der Waals surface area contributed by atoms with Gasteiger partial charge in [0.1, 0.15) is 0 Å². The number of rotatable bonds is 7. The highest BCUT2D eigenvalue weighted by atomic mass is 16.3. The minimum Gasteiger partial charge on any atom is -0.394 e. The first-order chi connectivity index (χ1) is 8.13. The van der Waals surface area contributed by atoms with Crippen LogP contribution >= 0.6 is 0 Å². The van der Waals surface area contributed by atoms with Gasteiger partial charge in [-0.15, -0.1) is 0 Å². The lowest BCUT2D eigenvalue weighted by molar-refractivity contribution is 0.120. The van der Waals surface area contributed by atoms with Gasteiger partial charge in [0.25, 0.3) is 0 Å². The largest absolute Gasteiger partial charge is 0.394 e. The van der Waals surface area contributed by atoms with E-state index in [9.17, 15) is 0 Å². The van der Waals surface area contributed by atoms with Crippen molar-refractivity contribution < 1.29 is 10.2 Å². The Labute approximate surface area is 102 Å². The molecule has 0 saturated heterocycles. The third kappa shape index (κ3) is 4.42. The summed E-state index contributed by atoms with van der Waals surface area (Å²) in [6.07, 6.45) is 5.60. The minimum atomic E-state index is -0.974. The Morgan fingerprint density at radius 1 is 1.29 bits per heavy atom. The van der Waals surface area contributed by atoms with Crippen molar-refractivity contribution in [1.29, 1.82) is 0 Å². The summed E-state index contributed by atoms with van der Waals surface area (Å²) >= 11 is 0. The Morgan fingerprint density at radius 3 is 2.47 bits per heavy atom. The lowest BCUT2D eigenvalue weighted by Gasteiger charge is -2.23. The number of aliphatic hydroxyl groups is 2. The minimum absolute atomic E-state index is 0.247.